The maximum Gasteiger partial charge on any atom is 0.237 e. The van der Waals surface area contributed by atoms with Crippen molar-refractivity contribution >= 4 is 5.91 Å². The Bertz CT molecular complexity index is 283. The van der Waals surface area contributed by atoms with Gasteiger partial charge in [-0.2, -0.15) is 0 Å². The van der Waals surface area contributed by atoms with Gasteiger partial charge >= 0.3 is 0 Å². The van der Waals surface area contributed by atoms with Gasteiger partial charge < -0.3 is 10.6 Å². The van der Waals surface area contributed by atoms with Crippen molar-refractivity contribution in [1.29, 1.82) is 0 Å². The molecular formula is C16H33N3O. The summed E-state index contributed by atoms with van der Waals surface area (Å²) in [5, 5.41) is 6.55. The van der Waals surface area contributed by atoms with E-state index in [1.165, 1.54) is 12.8 Å². The molecule has 1 saturated heterocycles. The Morgan fingerprint density at radius 1 is 1.15 bits per heavy atom. The van der Waals surface area contributed by atoms with Crippen LogP contribution in [-0.2, 0) is 4.79 Å². The molecule has 4 nitrogen and oxygen atoms in total. The first-order valence-electron chi connectivity index (χ1n) is 8.15. The number of amides is 1. The number of nitrogens with one attached hydrogen (secondary N) is 2. The highest BCUT2D eigenvalue weighted by molar-refractivity contribution is 5.81. The molecule has 0 aromatic heterocycles. The monoisotopic (exact) mass is 283 g/mol. The molecule has 0 aromatic rings. The van der Waals surface area contributed by atoms with Crippen LogP contribution in [0.1, 0.15) is 47.5 Å². The predicted octanol–water partition coefficient (Wildman–Crippen LogP) is 1.86. The van der Waals surface area contributed by atoms with Crippen LogP contribution in [0.25, 0.3) is 0 Å². The van der Waals surface area contributed by atoms with E-state index in [1.54, 1.807) is 0 Å². The van der Waals surface area contributed by atoms with Crippen LogP contribution < -0.4 is 10.6 Å². The van der Waals surface area contributed by atoms with Crippen LogP contribution in [0.2, 0.25) is 0 Å². The van der Waals surface area contributed by atoms with Crippen molar-refractivity contribution in [1.82, 2.24) is 15.5 Å². The van der Waals surface area contributed by atoms with Crippen LogP contribution >= 0.6 is 0 Å². The standard InChI is InChI=1S/C16H33N3O/c1-12(2)10-18-16(20)14(5)19-8-6-15(7-9-19)11-17-13(3)4/h12-15,17H,6-11H2,1-5H3,(H,18,20). The van der Waals surface area contributed by atoms with Crippen molar-refractivity contribution < 1.29 is 4.79 Å². The Labute approximate surface area is 124 Å². The lowest BCUT2D eigenvalue weighted by atomic mass is 9.95. The minimum Gasteiger partial charge on any atom is -0.354 e. The second kappa shape index (κ2) is 8.63. The molecule has 0 spiro atoms. The van der Waals surface area contributed by atoms with E-state index in [4.69, 9.17) is 0 Å². The largest absolute Gasteiger partial charge is 0.354 e. The fourth-order valence-electron chi connectivity index (χ4n) is 2.56. The maximum atomic E-state index is 12.1. The van der Waals surface area contributed by atoms with Gasteiger partial charge in [-0.15, -0.1) is 0 Å². The van der Waals surface area contributed by atoms with E-state index in [2.05, 4.69) is 43.2 Å². The van der Waals surface area contributed by atoms with E-state index in [1.807, 2.05) is 6.92 Å². The summed E-state index contributed by atoms with van der Waals surface area (Å²) in [5.74, 6) is 1.45. The van der Waals surface area contributed by atoms with Gasteiger partial charge in [-0.25, -0.2) is 0 Å². The predicted molar refractivity (Wildman–Crippen MR) is 84.7 cm³/mol. The van der Waals surface area contributed by atoms with Crippen molar-refractivity contribution in [3.05, 3.63) is 0 Å². The zero-order valence-electron chi connectivity index (χ0n) is 13.9. The molecule has 1 rings (SSSR count). The minimum absolute atomic E-state index is 0.00718. The quantitative estimate of drug-likeness (QED) is 0.749. The Kier molecular flexibility index (Phi) is 7.52. The third-order valence-electron chi connectivity index (χ3n) is 4.08. The molecule has 118 valence electrons. The summed E-state index contributed by atoms with van der Waals surface area (Å²) >= 11 is 0. The lowest BCUT2D eigenvalue weighted by Gasteiger charge is -2.35. The van der Waals surface area contributed by atoms with Gasteiger partial charge in [0.05, 0.1) is 6.04 Å². The number of hydrogen-bond donors (Lipinski definition) is 2. The Hall–Kier alpha value is -0.610. The molecule has 1 atom stereocenters. The van der Waals surface area contributed by atoms with Crippen molar-refractivity contribution in [3.63, 3.8) is 0 Å². The number of carbonyl (C=O) groups excluding carboxylic acids is 1. The van der Waals surface area contributed by atoms with Crippen molar-refractivity contribution in [3.8, 4) is 0 Å². The molecule has 0 aliphatic carbocycles. The van der Waals surface area contributed by atoms with Gasteiger partial charge in [0.2, 0.25) is 5.91 Å². The summed E-state index contributed by atoms with van der Waals surface area (Å²) < 4.78 is 0. The molecule has 1 fully saturated rings. The zero-order chi connectivity index (χ0) is 15.1. The lowest BCUT2D eigenvalue weighted by Crippen LogP contribution is -2.49. The fraction of sp³-hybridized carbons (Fsp3) is 0.938. The molecule has 0 radical (unpaired) electrons. The lowest BCUT2D eigenvalue weighted by molar-refractivity contribution is -0.126. The number of hydrogen-bond acceptors (Lipinski definition) is 3. The highest BCUT2D eigenvalue weighted by atomic mass is 16.2. The van der Waals surface area contributed by atoms with Crippen LogP contribution in [-0.4, -0.2) is 49.1 Å². The van der Waals surface area contributed by atoms with E-state index in [0.717, 1.165) is 32.1 Å². The Morgan fingerprint density at radius 2 is 1.75 bits per heavy atom. The maximum absolute atomic E-state index is 12.1. The van der Waals surface area contributed by atoms with E-state index in [9.17, 15) is 4.79 Å². The molecule has 0 aromatic carbocycles. The van der Waals surface area contributed by atoms with Crippen LogP contribution in [0, 0.1) is 11.8 Å². The minimum atomic E-state index is 0.00718. The number of nitrogens with zero attached hydrogens (tertiary/aromatic N) is 1. The van der Waals surface area contributed by atoms with Crippen molar-refractivity contribution in [2.75, 3.05) is 26.2 Å². The Balaban J connectivity index is 2.27. The van der Waals surface area contributed by atoms with Crippen LogP contribution in [0.3, 0.4) is 0 Å². The molecule has 1 aliphatic rings. The summed E-state index contributed by atoms with van der Waals surface area (Å²) in [7, 11) is 0. The first-order chi connectivity index (χ1) is 9.40. The van der Waals surface area contributed by atoms with Crippen molar-refractivity contribution in [2.45, 2.75) is 59.5 Å². The van der Waals surface area contributed by atoms with Crippen LogP contribution in [0.15, 0.2) is 0 Å². The van der Waals surface area contributed by atoms with Crippen LogP contribution in [0.5, 0.6) is 0 Å². The van der Waals surface area contributed by atoms with E-state index < -0.39 is 0 Å². The molecule has 1 amide bonds. The number of likely N-dealkylation sites (tertiary alicyclic amines) is 1. The molecule has 0 bridgehead atoms. The Morgan fingerprint density at radius 3 is 2.25 bits per heavy atom. The zero-order valence-corrected chi connectivity index (χ0v) is 13.9. The van der Waals surface area contributed by atoms with Gasteiger partial charge in [-0.1, -0.05) is 27.7 Å². The van der Waals surface area contributed by atoms with Gasteiger partial charge in [-0.05, 0) is 51.2 Å². The number of carbonyl (C=O) groups is 1. The first-order valence-corrected chi connectivity index (χ1v) is 8.15. The van der Waals surface area contributed by atoms with Gasteiger partial charge in [0.25, 0.3) is 0 Å². The average Bonchev–Trinajstić information content (AvgIpc) is 2.42. The molecule has 4 heteroatoms. The fourth-order valence-corrected chi connectivity index (χ4v) is 2.56. The van der Waals surface area contributed by atoms with Gasteiger partial charge in [0.15, 0.2) is 0 Å². The van der Waals surface area contributed by atoms with E-state index in [0.29, 0.717) is 12.0 Å². The average molecular weight is 283 g/mol. The SMILES string of the molecule is CC(C)CNC(=O)C(C)N1CCC(CNC(C)C)CC1. The summed E-state index contributed by atoms with van der Waals surface area (Å²) in [6.07, 6.45) is 2.39. The number of rotatable bonds is 7. The van der Waals surface area contributed by atoms with E-state index >= 15 is 0 Å². The van der Waals surface area contributed by atoms with Gasteiger partial charge in [0.1, 0.15) is 0 Å². The van der Waals surface area contributed by atoms with Gasteiger partial charge in [0, 0.05) is 12.6 Å². The molecule has 2 N–H and O–H groups in total. The van der Waals surface area contributed by atoms with Gasteiger partial charge in [-0.3, -0.25) is 9.69 Å². The number of piperidine rings is 1. The third-order valence-corrected chi connectivity index (χ3v) is 4.08. The second-order valence-corrected chi connectivity index (χ2v) is 6.86. The van der Waals surface area contributed by atoms with Crippen LogP contribution in [0.4, 0.5) is 0 Å². The summed E-state index contributed by atoms with van der Waals surface area (Å²) in [5.41, 5.74) is 0. The second-order valence-electron chi connectivity index (χ2n) is 6.86. The summed E-state index contributed by atoms with van der Waals surface area (Å²) in [4.78, 5) is 14.4. The van der Waals surface area contributed by atoms with E-state index in [-0.39, 0.29) is 11.9 Å². The molecule has 0 saturated carbocycles. The first kappa shape index (κ1) is 17.4. The molecule has 20 heavy (non-hydrogen) atoms. The topological polar surface area (TPSA) is 44.4 Å². The smallest absolute Gasteiger partial charge is 0.237 e. The van der Waals surface area contributed by atoms with Crippen molar-refractivity contribution in [2.24, 2.45) is 11.8 Å². The normalized spacial score (nSPS) is 19.6. The molecule has 1 aliphatic heterocycles. The molecule has 1 heterocycles. The molecular weight excluding hydrogens is 250 g/mol. The summed E-state index contributed by atoms with van der Waals surface area (Å²) in [6, 6.07) is 0.571. The highest BCUT2D eigenvalue weighted by Crippen LogP contribution is 2.18. The summed E-state index contributed by atoms with van der Waals surface area (Å²) in [6.45, 7) is 14.6. The molecule has 1 unspecified atom stereocenters. The third kappa shape index (κ3) is 6.23. The highest BCUT2D eigenvalue weighted by Gasteiger charge is 2.26.